The van der Waals surface area contributed by atoms with Crippen LogP contribution in [-0.2, 0) is 14.8 Å². The van der Waals surface area contributed by atoms with E-state index in [2.05, 4.69) is 5.32 Å². The summed E-state index contributed by atoms with van der Waals surface area (Å²) in [5, 5.41) is 3.31. The number of amides is 1. The summed E-state index contributed by atoms with van der Waals surface area (Å²) in [6.07, 6.45) is 0.697. The number of hydrogen-bond donors (Lipinski definition) is 1. The summed E-state index contributed by atoms with van der Waals surface area (Å²) in [5.41, 5.74) is 0.416. The standard InChI is InChI=1S/C25H24ClFN2O5S/c1-33-20-5-7-21(8-6-20)34-24-11-2-18(26)16-23(24)28-25(30)17-12-14-29(15-13-17)35(31,32)22-9-3-19(27)4-10-22/h2-11,16-17H,12-15H2,1H3,(H,28,30). The Hall–Kier alpha value is -3.14. The van der Waals surface area contributed by atoms with Crippen LogP contribution in [0, 0.1) is 11.7 Å². The van der Waals surface area contributed by atoms with Crippen LogP contribution in [0.2, 0.25) is 5.02 Å². The van der Waals surface area contributed by atoms with Gasteiger partial charge in [-0.3, -0.25) is 4.79 Å². The number of piperidine rings is 1. The molecular weight excluding hydrogens is 495 g/mol. The molecule has 0 saturated carbocycles. The molecule has 184 valence electrons. The number of anilines is 1. The van der Waals surface area contributed by atoms with Crippen molar-refractivity contribution in [3.63, 3.8) is 0 Å². The number of ether oxygens (including phenoxy) is 2. The van der Waals surface area contributed by atoms with Gasteiger partial charge in [-0.25, -0.2) is 12.8 Å². The predicted octanol–water partition coefficient (Wildman–Crippen LogP) is 5.32. The Balaban J connectivity index is 1.41. The van der Waals surface area contributed by atoms with Crippen LogP contribution in [0.3, 0.4) is 0 Å². The van der Waals surface area contributed by atoms with E-state index in [9.17, 15) is 17.6 Å². The second kappa shape index (κ2) is 10.6. The predicted molar refractivity (Wildman–Crippen MR) is 131 cm³/mol. The molecule has 0 aliphatic carbocycles. The van der Waals surface area contributed by atoms with Crippen LogP contribution in [0.4, 0.5) is 10.1 Å². The molecule has 3 aromatic carbocycles. The SMILES string of the molecule is COc1ccc(Oc2ccc(Cl)cc2NC(=O)C2CCN(S(=O)(=O)c3ccc(F)cc3)CC2)cc1. The average Bonchev–Trinajstić information content (AvgIpc) is 2.86. The van der Waals surface area contributed by atoms with Gasteiger partial charge in [0.05, 0.1) is 17.7 Å². The quantitative estimate of drug-likeness (QED) is 0.457. The molecule has 1 aliphatic heterocycles. The number of rotatable bonds is 7. The summed E-state index contributed by atoms with van der Waals surface area (Å²) in [6.45, 7) is 0.366. The van der Waals surface area contributed by atoms with Gasteiger partial charge in [-0.05, 0) is 79.6 Å². The van der Waals surface area contributed by atoms with Gasteiger partial charge in [0.15, 0.2) is 5.75 Å². The Morgan fingerprint density at radius 3 is 2.26 bits per heavy atom. The summed E-state index contributed by atoms with van der Waals surface area (Å²) in [4.78, 5) is 13.0. The number of methoxy groups -OCH3 is 1. The molecule has 0 spiro atoms. The summed E-state index contributed by atoms with van der Waals surface area (Å²) >= 11 is 6.15. The van der Waals surface area contributed by atoms with Gasteiger partial charge in [-0.15, -0.1) is 0 Å². The molecule has 3 aromatic rings. The number of nitrogens with one attached hydrogen (secondary N) is 1. The summed E-state index contributed by atoms with van der Waals surface area (Å²) < 4.78 is 51.2. The molecule has 1 saturated heterocycles. The molecule has 1 aliphatic rings. The lowest BCUT2D eigenvalue weighted by molar-refractivity contribution is -0.120. The van der Waals surface area contributed by atoms with E-state index >= 15 is 0 Å². The van der Waals surface area contributed by atoms with Gasteiger partial charge in [-0.2, -0.15) is 4.31 Å². The van der Waals surface area contributed by atoms with Crippen molar-refractivity contribution in [3.8, 4) is 17.2 Å². The minimum absolute atomic E-state index is 0.0288. The van der Waals surface area contributed by atoms with E-state index < -0.39 is 15.8 Å². The zero-order chi connectivity index (χ0) is 25.0. The van der Waals surface area contributed by atoms with E-state index in [1.165, 1.54) is 16.4 Å². The van der Waals surface area contributed by atoms with Crippen molar-refractivity contribution in [2.24, 2.45) is 5.92 Å². The fourth-order valence-corrected chi connectivity index (χ4v) is 5.45. The Labute approximate surface area is 208 Å². The number of sulfonamides is 1. The van der Waals surface area contributed by atoms with Crippen molar-refractivity contribution in [1.29, 1.82) is 0 Å². The van der Waals surface area contributed by atoms with Gasteiger partial charge in [-0.1, -0.05) is 11.6 Å². The fourth-order valence-electron chi connectivity index (χ4n) is 3.81. The lowest BCUT2D eigenvalue weighted by Crippen LogP contribution is -2.41. The van der Waals surface area contributed by atoms with E-state index in [4.69, 9.17) is 21.1 Å². The first-order chi connectivity index (χ1) is 16.8. The lowest BCUT2D eigenvalue weighted by Gasteiger charge is -2.30. The fraction of sp³-hybridized carbons (Fsp3) is 0.240. The van der Waals surface area contributed by atoms with Crippen LogP contribution < -0.4 is 14.8 Å². The van der Waals surface area contributed by atoms with Gasteiger partial charge >= 0.3 is 0 Å². The molecular formula is C25H24ClFN2O5S. The van der Waals surface area contributed by atoms with Crippen molar-refractivity contribution in [1.82, 2.24) is 4.31 Å². The molecule has 0 aromatic heterocycles. The molecule has 10 heteroatoms. The molecule has 0 atom stereocenters. The van der Waals surface area contributed by atoms with Crippen molar-refractivity contribution < 1.29 is 27.1 Å². The number of halogens is 2. The number of hydrogen-bond acceptors (Lipinski definition) is 5. The van der Waals surface area contributed by atoms with Crippen LogP contribution in [0.1, 0.15) is 12.8 Å². The molecule has 0 bridgehead atoms. The van der Waals surface area contributed by atoms with E-state index in [1.54, 1.807) is 49.6 Å². The van der Waals surface area contributed by atoms with E-state index in [1.807, 2.05) is 0 Å². The second-order valence-corrected chi connectivity index (χ2v) is 10.4. The Bertz CT molecular complexity index is 1290. The Kier molecular flexibility index (Phi) is 7.59. The van der Waals surface area contributed by atoms with Gasteiger partial charge in [0.25, 0.3) is 0 Å². The van der Waals surface area contributed by atoms with E-state index in [-0.39, 0.29) is 29.8 Å². The zero-order valence-electron chi connectivity index (χ0n) is 18.9. The maximum atomic E-state index is 13.2. The molecule has 1 heterocycles. The van der Waals surface area contributed by atoms with Crippen LogP contribution in [0.5, 0.6) is 17.2 Å². The first-order valence-electron chi connectivity index (χ1n) is 10.9. The largest absolute Gasteiger partial charge is 0.497 e. The highest BCUT2D eigenvalue weighted by atomic mass is 35.5. The third-order valence-corrected chi connectivity index (χ3v) is 7.91. The van der Waals surface area contributed by atoms with Crippen molar-refractivity contribution in [2.75, 3.05) is 25.5 Å². The highest BCUT2D eigenvalue weighted by Crippen LogP contribution is 2.34. The lowest BCUT2D eigenvalue weighted by atomic mass is 9.97. The number of carbonyl (C=O) groups is 1. The number of carbonyl (C=O) groups excluding carboxylic acids is 1. The molecule has 35 heavy (non-hydrogen) atoms. The monoisotopic (exact) mass is 518 g/mol. The molecule has 0 radical (unpaired) electrons. The van der Waals surface area contributed by atoms with Gasteiger partial charge in [0, 0.05) is 24.0 Å². The molecule has 4 rings (SSSR count). The smallest absolute Gasteiger partial charge is 0.243 e. The average molecular weight is 519 g/mol. The summed E-state index contributed by atoms with van der Waals surface area (Å²) in [6, 6.07) is 16.7. The Morgan fingerprint density at radius 2 is 1.63 bits per heavy atom. The number of nitrogens with zero attached hydrogens (tertiary/aromatic N) is 1. The van der Waals surface area contributed by atoms with E-state index in [0.29, 0.717) is 40.8 Å². The van der Waals surface area contributed by atoms with Gasteiger partial charge in [0.2, 0.25) is 15.9 Å². The van der Waals surface area contributed by atoms with Crippen molar-refractivity contribution in [2.45, 2.75) is 17.7 Å². The van der Waals surface area contributed by atoms with Crippen molar-refractivity contribution in [3.05, 3.63) is 77.6 Å². The third kappa shape index (κ3) is 5.93. The highest BCUT2D eigenvalue weighted by Gasteiger charge is 2.32. The van der Waals surface area contributed by atoms with Crippen LogP contribution in [-0.4, -0.2) is 38.8 Å². The third-order valence-electron chi connectivity index (χ3n) is 5.76. The minimum Gasteiger partial charge on any atom is -0.497 e. The maximum absolute atomic E-state index is 13.2. The first kappa shape index (κ1) is 25.0. The van der Waals surface area contributed by atoms with Crippen LogP contribution in [0.15, 0.2) is 71.6 Å². The normalized spacial score (nSPS) is 14.9. The topological polar surface area (TPSA) is 84.9 Å². The van der Waals surface area contributed by atoms with Crippen LogP contribution in [0.25, 0.3) is 0 Å². The number of benzene rings is 3. The molecule has 1 fully saturated rings. The molecule has 7 nitrogen and oxygen atoms in total. The van der Waals surface area contributed by atoms with Gasteiger partial charge in [0.1, 0.15) is 17.3 Å². The van der Waals surface area contributed by atoms with Crippen LogP contribution >= 0.6 is 11.6 Å². The van der Waals surface area contributed by atoms with Crippen molar-refractivity contribution >= 4 is 33.2 Å². The zero-order valence-corrected chi connectivity index (χ0v) is 20.5. The first-order valence-corrected chi connectivity index (χ1v) is 12.8. The van der Waals surface area contributed by atoms with Gasteiger partial charge < -0.3 is 14.8 Å². The summed E-state index contributed by atoms with van der Waals surface area (Å²) in [7, 11) is -2.18. The molecule has 1 N–H and O–H groups in total. The maximum Gasteiger partial charge on any atom is 0.243 e. The molecule has 0 unspecified atom stereocenters. The molecule has 1 amide bonds. The minimum atomic E-state index is -3.75. The highest BCUT2D eigenvalue weighted by molar-refractivity contribution is 7.89. The second-order valence-electron chi connectivity index (χ2n) is 8.04. The Morgan fingerprint density at radius 1 is 1.00 bits per heavy atom. The van der Waals surface area contributed by atoms with E-state index in [0.717, 1.165) is 12.1 Å². The summed E-state index contributed by atoms with van der Waals surface area (Å²) in [5.74, 6) is 0.533.